The normalized spacial score (nSPS) is 18.8. The molecule has 1 fully saturated rings. The zero-order valence-corrected chi connectivity index (χ0v) is 14.9. The van der Waals surface area contributed by atoms with Crippen molar-refractivity contribution in [3.05, 3.63) is 46.8 Å². The summed E-state index contributed by atoms with van der Waals surface area (Å²) >= 11 is 0. The van der Waals surface area contributed by atoms with Crippen LogP contribution in [0.2, 0.25) is 0 Å². The van der Waals surface area contributed by atoms with Gasteiger partial charge in [-0.25, -0.2) is 13.5 Å². The third-order valence-corrected chi connectivity index (χ3v) is 4.99. The van der Waals surface area contributed by atoms with E-state index >= 15 is 0 Å². The molecule has 5 nitrogen and oxygen atoms in total. The van der Waals surface area contributed by atoms with Crippen LogP contribution in [0.15, 0.2) is 18.2 Å². The molecule has 138 valence electrons. The second kappa shape index (κ2) is 6.16. The highest BCUT2D eigenvalue weighted by molar-refractivity contribution is 5.94. The van der Waals surface area contributed by atoms with Gasteiger partial charge in [0.15, 0.2) is 17.3 Å². The molecule has 0 atom stereocenters. The first-order valence-corrected chi connectivity index (χ1v) is 8.85. The van der Waals surface area contributed by atoms with Gasteiger partial charge in [-0.1, -0.05) is 0 Å². The van der Waals surface area contributed by atoms with Crippen molar-refractivity contribution in [3.8, 4) is 5.69 Å². The molecule has 26 heavy (non-hydrogen) atoms. The zero-order valence-electron chi connectivity index (χ0n) is 14.9. The van der Waals surface area contributed by atoms with Crippen molar-refractivity contribution in [2.24, 2.45) is 0 Å². The minimum Gasteiger partial charge on any atom is -0.372 e. The Morgan fingerprint density at radius 2 is 2.04 bits per heavy atom. The fraction of sp³-hybridized carbons (Fsp3) is 0.474. The van der Waals surface area contributed by atoms with E-state index in [0.29, 0.717) is 31.1 Å². The molecule has 1 aliphatic carbocycles. The van der Waals surface area contributed by atoms with Crippen LogP contribution >= 0.6 is 0 Å². The summed E-state index contributed by atoms with van der Waals surface area (Å²) in [5.41, 5.74) is 2.29. The molecule has 4 rings (SSSR count). The summed E-state index contributed by atoms with van der Waals surface area (Å²) in [5.74, 6) is -1.95. The van der Waals surface area contributed by atoms with Crippen molar-refractivity contribution in [1.82, 2.24) is 14.7 Å². The van der Waals surface area contributed by atoms with E-state index in [-0.39, 0.29) is 11.5 Å². The average Bonchev–Trinajstić information content (AvgIpc) is 3.18. The molecule has 0 bridgehead atoms. The van der Waals surface area contributed by atoms with E-state index in [2.05, 4.69) is 5.10 Å². The van der Waals surface area contributed by atoms with E-state index in [1.165, 1.54) is 6.07 Å². The molecular formula is C19H21F2N3O2. The smallest absolute Gasteiger partial charge is 0.274 e. The summed E-state index contributed by atoms with van der Waals surface area (Å²) < 4.78 is 34.2. The van der Waals surface area contributed by atoms with Crippen LogP contribution in [0.5, 0.6) is 0 Å². The van der Waals surface area contributed by atoms with Crippen LogP contribution < -0.4 is 0 Å². The van der Waals surface area contributed by atoms with Gasteiger partial charge in [-0.2, -0.15) is 5.10 Å². The van der Waals surface area contributed by atoms with E-state index in [1.807, 2.05) is 13.8 Å². The molecule has 7 heteroatoms. The molecule has 0 spiro atoms. The number of morpholine rings is 1. The second-order valence-electron chi connectivity index (χ2n) is 7.47. The molecular weight excluding hydrogens is 340 g/mol. The van der Waals surface area contributed by atoms with Gasteiger partial charge in [-0.3, -0.25) is 4.79 Å². The lowest BCUT2D eigenvalue weighted by molar-refractivity contribution is -0.0765. The number of amides is 1. The lowest BCUT2D eigenvalue weighted by Crippen LogP contribution is -2.50. The summed E-state index contributed by atoms with van der Waals surface area (Å²) in [6.07, 6.45) is 2.46. The quantitative estimate of drug-likeness (QED) is 0.826. The van der Waals surface area contributed by atoms with Gasteiger partial charge in [0, 0.05) is 30.4 Å². The van der Waals surface area contributed by atoms with E-state index in [4.69, 9.17) is 4.74 Å². The largest absolute Gasteiger partial charge is 0.372 e. The van der Waals surface area contributed by atoms with Crippen molar-refractivity contribution in [2.45, 2.75) is 38.7 Å². The molecule has 2 aliphatic rings. The van der Waals surface area contributed by atoms with E-state index < -0.39 is 11.6 Å². The Bertz CT molecular complexity index is 876. The molecule has 2 heterocycles. The van der Waals surface area contributed by atoms with Gasteiger partial charge in [-0.05, 0) is 45.2 Å². The van der Waals surface area contributed by atoms with Crippen LogP contribution in [-0.2, 0) is 17.6 Å². The molecule has 2 aromatic rings. The number of ether oxygens (including phenoxy) is 1. The topological polar surface area (TPSA) is 47.4 Å². The van der Waals surface area contributed by atoms with Crippen LogP contribution in [0.1, 0.15) is 42.0 Å². The maximum atomic E-state index is 13.7. The maximum absolute atomic E-state index is 13.7. The Kier molecular flexibility index (Phi) is 4.06. The molecule has 0 saturated carbocycles. The number of hydrogen-bond donors (Lipinski definition) is 0. The van der Waals surface area contributed by atoms with Crippen LogP contribution in [0.25, 0.3) is 5.69 Å². The summed E-state index contributed by atoms with van der Waals surface area (Å²) in [7, 11) is 0. The van der Waals surface area contributed by atoms with Gasteiger partial charge in [0.05, 0.1) is 17.9 Å². The lowest BCUT2D eigenvalue weighted by Gasteiger charge is -2.37. The fourth-order valence-electron chi connectivity index (χ4n) is 3.78. The van der Waals surface area contributed by atoms with Gasteiger partial charge in [0.25, 0.3) is 5.91 Å². The number of aromatic nitrogens is 2. The predicted octanol–water partition coefficient (Wildman–Crippen LogP) is 2.89. The molecule has 1 aromatic carbocycles. The van der Waals surface area contributed by atoms with Crippen molar-refractivity contribution < 1.29 is 18.3 Å². The molecule has 1 aliphatic heterocycles. The second-order valence-corrected chi connectivity index (χ2v) is 7.47. The Morgan fingerprint density at radius 1 is 1.23 bits per heavy atom. The first kappa shape index (κ1) is 17.1. The summed E-state index contributed by atoms with van der Waals surface area (Å²) in [4.78, 5) is 14.8. The number of halogens is 2. The predicted molar refractivity (Wildman–Crippen MR) is 91.4 cm³/mol. The first-order chi connectivity index (χ1) is 12.4. The molecule has 1 saturated heterocycles. The molecule has 1 aromatic heterocycles. The summed E-state index contributed by atoms with van der Waals surface area (Å²) in [6, 6.07) is 3.68. The number of carbonyl (C=O) groups is 1. The minimum absolute atomic E-state index is 0.124. The standard InChI is InChI=1S/C19H21F2N3O2/c1-19(2)11-23(8-9-26-19)18(25)17-13-4-3-5-16(13)24(22-17)12-6-7-14(20)15(21)10-12/h6-7,10H,3-5,8-9,11H2,1-2H3. The molecule has 0 unspecified atom stereocenters. The number of hydrogen-bond acceptors (Lipinski definition) is 3. The maximum Gasteiger partial charge on any atom is 0.274 e. The Labute approximate surface area is 150 Å². The number of nitrogens with zero attached hydrogens (tertiary/aromatic N) is 3. The Hall–Kier alpha value is -2.28. The van der Waals surface area contributed by atoms with Crippen molar-refractivity contribution in [1.29, 1.82) is 0 Å². The van der Waals surface area contributed by atoms with Crippen molar-refractivity contribution in [2.75, 3.05) is 19.7 Å². The van der Waals surface area contributed by atoms with Crippen LogP contribution in [0.3, 0.4) is 0 Å². The van der Waals surface area contributed by atoms with E-state index in [1.54, 1.807) is 9.58 Å². The monoisotopic (exact) mass is 361 g/mol. The van der Waals surface area contributed by atoms with Gasteiger partial charge in [-0.15, -0.1) is 0 Å². The lowest BCUT2D eigenvalue weighted by atomic mass is 10.1. The SMILES string of the molecule is CC1(C)CN(C(=O)c2nn(-c3ccc(F)c(F)c3)c3c2CCC3)CCO1. The molecule has 1 amide bonds. The molecule has 0 radical (unpaired) electrons. The highest BCUT2D eigenvalue weighted by Gasteiger charge is 2.34. The Morgan fingerprint density at radius 3 is 2.77 bits per heavy atom. The van der Waals surface area contributed by atoms with Gasteiger partial charge in [0.2, 0.25) is 0 Å². The fourth-order valence-corrected chi connectivity index (χ4v) is 3.78. The first-order valence-electron chi connectivity index (χ1n) is 8.85. The van der Waals surface area contributed by atoms with E-state index in [9.17, 15) is 13.6 Å². The molecule has 0 N–H and O–H groups in total. The van der Waals surface area contributed by atoms with Gasteiger partial charge >= 0.3 is 0 Å². The third kappa shape index (κ3) is 2.90. The number of benzene rings is 1. The average molecular weight is 361 g/mol. The third-order valence-electron chi connectivity index (χ3n) is 4.99. The van der Waals surface area contributed by atoms with Crippen LogP contribution in [0.4, 0.5) is 8.78 Å². The van der Waals surface area contributed by atoms with Crippen molar-refractivity contribution in [3.63, 3.8) is 0 Å². The summed E-state index contributed by atoms with van der Waals surface area (Å²) in [6.45, 7) is 5.42. The van der Waals surface area contributed by atoms with Crippen molar-refractivity contribution >= 4 is 5.91 Å². The summed E-state index contributed by atoms with van der Waals surface area (Å²) in [5, 5.41) is 4.49. The van der Waals surface area contributed by atoms with Crippen LogP contribution in [-0.4, -0.2) is 45.9 Å². The minimum atomic E-state index is -0.924. The van der Waals surface area contributed by atoms with Gasteiger partial charge < -0.3 is 9.64 Å². The highest BCUT2D eigenvalue weighted by Crippen LogP contribution is 2.30. The number of rotatable bonds is 2. The van der Waals surface area contributed by atoms with Gasteiger partial charge in [0.1, 0.15) is 0 Å². The Balaban J connectivity index is 1.72. The number of carbonyl (C=O) groups excluding carboxylic acids is 1. The number of fused-ring (bicyclic) bond motifs is 1. The highest BCUT2D eigenvalue weighted by atomic mass is 19.2. The van der Waals surface area contributed by atoms with E-state index in [0.717, 1.165) is 42.7 Å². The van der Waals surface area contributed by atoms with Crippen LogP contribution in [0, 0.1) is 11.6 Å². The zero-order chi connectivity index (χ0) is 18.5.